The number of carbonyl (C=O) groups is 3. The Labute approximate surface area is 127 Å². The van der Waals surface area contributed by atoms with E-state index in [1.54, 1.807) is 48.5 Å². The van der Waals surface area contributed by atoms with Gasteiger partial charge in [0, 0.05) is 18.1 Å². The number of aliphatic carboxylic acids is 1. The maximum absolute atomic E-state index is 12.6. The molecule has 0 aromatic heterocycles. The van der Waals surface area contributed by atoms with E-state index in [1.807, 2.05) is 0 Å². The van der Waals surface area contributed by atoms with Gasteiger partial charge in [-0.05, 0) is 11.6 Å². The largest absolute Gasteiger partial charge is 0.481 e. The first-order valence-electron chi connectivity index (χ1n) is 6.70. The molecule has 0 fully saturated rings. The van der Waals surface area contributed by atoms with Gasteiger partial charge < -0.3 is 10.4 Å². The summed E-state index contributed by atoms with van der Waals surface area (Å²) >= 11 is 0. The third kappa shape index (κ3) is 3.58. The standard InChI is InChI=1S/C17H15NO4/c1-11(19)18-16-13(10-15(20)21)8-5-9-14(16)17(22)12-6-3-2-4-7-12/h2-9H,10H2,1H3,(H,18,19)(H,20,21). The Balaban J connectivity index is 2.52. The van der Waals surface area contributed by atoms with Crippen molar-refractivity contribution >= 4 is 23.3 Å². The molecule has 2 aromatic carbocycles. The molecule has 0 aliphatic rings. The minimum Gasteiger partial charge on any atom is -0.481 e. The Morgan fingerprint density at radius 1 is 1.00 bits per heavy atom. The molecule has 0 bridgehead atoms. The van der Waals surface area contributed by atoms with Crippen molar-refractivity contribution in [3.63, 3.8) is 0 Å². The van der Waals surface area contributed by atoms with Crippen LogP contribution in [0.15, 0.2) is 48.5 Å². The van der Waals surface area contributed by atoms with Crippen LogP contribution >= 0.6 is 0 Å². The zero-order chi connectivity index (χ0) is 16.1. The molecule has 2 N–H and O–H groups in total. The van der Waals surface area contributed by atoms with Crippen LogP contribution in [0.4, 0.5) is 5.69 Å². The van der Waals surface area contributed by atoms with Crippen molar-refractivity contribution in [2.24, 2.45) is 0 Å². The van der Waals surface area contributed by atoms with Gasteiger partial charge in [-0.1, -0.05) is 42.5 Å². The van der Waals surface area contributed by atoms with Crippen LogP contribution in [-0.2, 0) is 16.0 Å². The van der Waals surface area contributed by atoms with E-state index in [0.29, 0.717) is 11.1 Å². The third-order valence-corrected chi connectivity index (χ3v) is 3.07. The molecule has 2 rings (SSSR count). The summed E-state index contributed by atoms with van der Waals surface area (Å²) in [6.07, 6.45) is -0.272. The lowest BCUT2D eigenvalue weighted by atomic mass is 9.97. The minimum atomic E-state index is -1.03. The summed E-state index contributed by atoms with van der Waals surface area (Å²) in [5.41, 5.74) is 1.40. The first kappa shape index (κ1) is 15.4. The number of hydrogen-bond donors (Lipinski definition) is 2. The Kier molecular flexibility index (Phi) is 4.68. The number of carbonyl (C=O) groups excluding carboxylic acids is 2. The van der Waals surface area contributed by atoms with Crippen LogP contribution in [0.25, 0.3) is 0 Å². The van der Waals surface area contributed by atoms with Gasteiger partial charge in [0.2, 0.25) is 5.91 Å². The fourth-order valence-electron chi connectivity index (χ4n) is 2.17. The van der Waals surface area contributed by atoms with Gasteiger partial charge in [-0.2, -0.15) is 0 Å². The first-order valence-corrected chi connectivity index (χ1v) is 6.70. The van der Waals surface area contributed by atoms with Crippen molar-refractivity contribution in [1.82, 2.24) is 0 Å². The number of nitrogens with one attached hydrogen (secondary N) is 1. The second kappa shape index (κ2) is 6.67. The van der Waals surface area contributed by atoms with E-state index in [9.17, 15) is 14.4 Å². The number of carboxylic acid groups (broad SMARTS) is 1. The normalized spacial score (nSPS) is 10.0. The SMILES string of the molecule is CC(=O)Nc1c(CC(=O)O)cccc1C(=O)c1ccccc1. The number of benzene rings is 2. The highest BCUT2D eigenvalue weighted by Gasteiger charge is 2.18. The molecule has 22 heavy (non-hydrogen) atoms. The van der Waals surface area contributed by atoms with E-state index >= 15 is 0 Å². The summed E-state index contributed by atoms with van der Waals surface area (Å²) < 4.78 is 0. The van der Waals surface area contributed by atoms with Crippen LogP contribution in [0, 0.1) is 0 Å². The van der Waals surface area contributed by atoms with Crippen LogP contribution in [0.5, 0.6) is 0 Å². The Morgan fingerprint density at radius 3 is 2.27 bits per heavy atom. The molecule has 0 saturated carbocycles. The number of rotatable bonds is 5. The molecular formula is C17H15NO4. The highest BCUT2D eigenvalue weighted by atomic mass is 16.4. The van der Waals surface area contributed by atoms with Crippen molar-refractivity contribution in [2.75, 3.05) is 5.32 Å². The maximum Gasteiger partial charge on any atom is 0.307 e. The van der Waals surface area contributed by atoms with E-state index in [4.69, 9.17) is 5.11 Å². The van der Waals surface area contributed by atoms with Crippen LogP contribution in [0.1, 0.15) is 28.4 Å². The number of anilines is 1. The maximum atomic E-state index is 12.6. The van der Waals surface area contributed by atoms with Gasteiger partial charge in [-0.15, -0.1) is 0 Å². The van der Waals surface area contributed by atoms with E-state index in [0.717, 1.165) is 0 Å². The fraction of sp³-hybridized carbons (Fsp3) is 0.118. The Morgan fingerprint density at radius 2 is 1.68 bits per heavy atom. The Bertz CT molecular complexity index is 723. The van der Waals surface area contributed by atoms with Crippen LogP contribution in [-0.4, -0.2) is 22.8 Å². The molecule has 0 unspecified atom stereocenters. The predicted molar refractivity (Wildman–Crippen MR) is 82.0 cm³/mol. The van der Waals surface area contributed by atoms with Crippen molar-refractivity contribution in [2.45, 2.75) is 13.3 Å². The predicted octanol–water partition coefficient (Wildman–Crippen LogP) is 2.50. The molecule has 5 nitrogen and oxygen atoms in total. The van der Waals surface area contributed by atoms with Gasteiger partial charge in [-0.3, -0.25) is 14.4 Å². The number of para-hydroxylation sites is 1. The lowest BCUT2D eigenvalue weighted by Crippen LogP contribution is -2.15. The van der Waals surface area contributed by atoms with Gasteiger partial charge in [-0.25, -0.2) is 0 Å². The second-order valence-corrected chi connectivity index (χ2v) is 4.79. The zero-order valence-corrected chi connectivity index (χ0v) is 12.0. The van der Waals surface area contributed by atoms with Gasteiger partial charge in [0.15, 0.2) is 5.78 Å². The molecule has 0 aliphatic heterocycles. The fourth-order valence-corrected chi connectivity index (χ4v) is 2.17. The number of amides is 1. The number of hydrogen-bond acceptors (Lipinski definition) is 3. The summed E-state index contributed by atoms with van der Waals surface area (Å²) in [6.45, 7) is 1.31. The average molecular weight is 297 g/mol. The molecule has 5 heteroatoms. The summed E-state index contributed by atoms with van der Waals surface area (Å²) in [5, 5.41) is 11.5. The molecule has 0 radical (unpaired) electrons. The molecule has 1 amide bonds. The van der Waals surface area contributed by atoms with Gasteiger partial charge in [0.25, 0.3) is 0 Å². The zero-order valence-electron chi connectivity index (χ0n) is 12.0. The highest BCUT2D eigenvalue weighted by Crippen LogP contribution is 2.24. The average Bonchev–Trinajstić information content (AvgIpc) is 2.48. The van der Waals surface area contributed by atoms with Gasteiger partial charge in [0.1, 0.15) is 0 Å². The molecule has 0 heterocycles. The molecule has 2 aromatic rings. The quantitative estimate of drug-likeness (QED) is 0.831. The molecular weight excluding hydrogens is 282 g/mol. The third-order valence-electron chi connectivity index (χ3n) is 3.07. The smallest absolute Gasteiger partial charge is 0.307 e. The Hall–Kier alpha value is -2.95. The van der Waals surface area contributed by atoms with E-state index in [2.05, 4.69) is 5.32 Å². The van der Waals surface area contributed by atoms with E-state index in [-0.39, 0.29) is 29.4 Å². The van der Waals surface area contributed by atoms with Gasteiger partial charge in [0.05, 0.1) is 12.1 Å². The van der Waals surface area contributed by atoms with Crippen LogP contribution in [0.2, 0.25) is 0 Å². The molecule has 112 valence electrons. The highest BCUT2D eigenvalue weighted by molar-refractivity contribution is 6.14. The second-order valence-electron chi connectivity index (χ2n) is 4.79. The molecule has 0 aliphatic carbocycles. The van der Waals surface area contributed by atoms with E-state index < -0.39 is 5.97 Å². The van der Waals surface area contributed by atoms with Crippen molar-refractivity contribution in [3.8, 4) is 0 Å². The van der Waals surface area contributed by atoms with Crippen LogP contribution in [0.3, 0.4) is 0 Å². The van der Waals surface area contributed by atoms with Crippen molar-refractivity contribution in [1.29, 1.82) is 0 Å². The number of carboxylic acids is 1. The van der Waals surface area contributed by atoms with Crippen LogP contribution < -0.4 is 5.32 Å². The summed E-state index contributed by atoms with van der Waals surface area (Å²) in [4.78, 5) is 34.9. The monoisotopic (exact) mass is 297 g/mol. The van der Waals surface area contributed by atoms with Gasteiger partial charge >= 0.3 is 5.97 Å². The lowest BCUT2D eigenvalue weighted by Gasteiger charge is -2.13. The summed E-state index contributed by atoms with van der Waals surface area (Å²) in [5.74, 6) is -1.66. The summed E-state index contributed by atoms with van der Waals surface area (Å²) in [7, 11) is 0. The molecule has 0 spiro atoms. The minimum absolute atomic E-state index is 0.256. The number of ketones is 1. The summed E-state index contributed by atoms with van der Waals surface area (Å²) in [6, 6.07) is 13.4. The first-order chi connectivity index (χ1) is 10.5. The van der Waals surface area contributed by atoms with E-state index in [1.165, 1.54) is 6.92 Å². The van der Waals surface area contributed by atoms with Crippen molar-refractivity contribution < 1.29 is 19.5 Å². The molecule has 0 atom stereocenters. The van der Waals surface area contributed by atoms with Crippen molar-refractivity contribution in [3.05, 3.63) is 65.2 Å². The molecule has 0 saturated heterocycles. The topological polar surface area (TPSA) is 83.5 Å². The lowest BCUT2D eigenvalue weighted by molar-refractivity contribution is -0.136.